The molecule has 2 atom stereocenters. The standard InChI is InChI=1S/C17H34O/c1-5-6-7-10-15(2)11-8-12-16(3)13-9-14-17(4)18/h15-16H,5-14H2,1-4H3/t15-,16-/m1/s1. The molecule has 0 heterocycles. The Kier molecular flexibility index (Phi) is 11.5. The Morgan fingerprint density at radius 1 is 0.833 bits per heavy atom. The van der Waals surface area contributed by atoms with Crippen molar-refractivity contribution in [3.8, 4) is 0 Å². The van der Waals surface area contributed by atoms with Crippen LogP contribution in [0.25, 0.3) is 0 Å². The number of hydrogen-bond donors (Lipinski definition) is 0. The van der Waals surface area contributed by atoms with Gasteiger partial charge < -0.3 is 4.79 Å². The van der Waals surface area contributed by atoms with E-state index in [1.807, 2.05) is 0 Å². The van der Waals surface area contributed by atoms with E-state index < -0.39 is 0 Å². The van der Waals surface area contributed by atoms with E-state index in [0.717, 1.165) is 24.7 Å². The molecule has 0 radical (unpaired) electrons. The summed E-state index contributed by atoms with van der Waals surface area (Å²) in [5.41, 5.74) is 0. The minimum absolute atomic E-state index is 0.340. The van der Waals surface area contributed by atoms with Crippen molar-refractivity contribution in [2.45, 2.75) is 91.9 Å². The van der Waals surface area contributed by atoms with Crippen LogP contribution in [0, 0.1) is 11.8 Å². The van der Waals surface area contributed by atoms with Crippen molar-refractivity contribution in [1.82, 2.24) is 0 Å². The average Bonchev–Trinajstić information content (AvgIpc) is 2.29. The Balaban J connectivity index is 3.37. The molecule has 0 aromatic rings. The van der Waals surface area contributed by atoms with Crippen LogP contribution in [0.4, 0.5) is 0 Å². The molecule has 18 heavy (non-hydrogen) atoms. The zero-order chi connectivity index (χ0) is 13.8. The first-order valence-corrected chi connectivity index (χ1v) is 8.05. The lowest BCUT2D eigenvalue weighted by molar-refractivity contribution is -0.117. The van der Waals surface area contributed by atoms with Gasteiger partial charge in [0.05, 0.1) is 0 Å². The second-order valence-electron chi connectivity index (χ2n) is 6.23. The molecule has 0 aliphatic carbocycles. The van der Waals surface area contributed by atoms with Crippen molar-refractivity contribution < 1.29 is 4.79 Å². The first-order chi connectivity index (χ1) is 8.56. The van der Waals surface area contributed by atoms with Gasteiger partial charge in [0.15, 0.2) is 0 Å². The van der Waals surface area contributed by atoms with Crippen LogP contribution < -0.4 is 0 Å². The van der Waals surface area contributed by atoms with E-state index in [0.29, 0.717) is 5.78 Å². The molecule has 0 bridgehead atoms. The zero-order valence-electron chi connectivity index (χ0n) is 13.1. The quantitative estimate of drug-likeness (QED) is 0.404. The van der Waals surface area contributed by atoms with Gasteiger partial charge in [-0.1, -0.05) is 72.1 Å². The number of ketones is 1. The summed E-state index contributed by atoms with van der Waals surface area (Å²) >= 11 is 0. The number of carbonyl (C=O) groups excluding carboxylic acids is 1. The lowest BCUT2D eigenvalue weighted by atomic mass is 9.92. The summed E-state index contributed by atoms with van der Waals surface area (Å²) in [5, 5.41) is 0. The largest absolute Gasteiger partial charge is 0.300 e. The second-order valence-corrected chi connectivity index (χ2v) is 6.23. The molecule has 0 aliphatic rings. The highest BCUT2D eigenvalue weighted by atomic mass is 16.1. The summed E-state index contributed by atoms with van der Waals surface area (Å²) in [5.74, 6) is 2.04. The van der Waals surface area contributed by atoms with Gasteiger partial charge in [-0.2, -0.15) is 0 Å². The molecule has 0 saturated carbocycles. The fourth-order valence-corrected chi connectivity index (χ4v) is 2.55. The van der Waals surface area contributed by atoms with Gasteiger partial charge >= 0.3 is 0 Å². The zero-order valence-corrected chi connectivity index (χ0v) is 13.1. The second kappa shape index (κ2) is 11.7. The van der Waals surface area contributed by atoms with Crippen molar-refractivity contribution in [2.75, 3.05) is 0 Å². The molecular weight excluding hydrogens is 220 g/mol. The Hall–Kier alpha value is -0.330. The average molecular weight is 254 g/mol. The van der Waals surface area contributed by atoms with Crippen LogP contribution >= 0.6 is 0 Å². The van der Waals surface area contributed by atoms with Crippen LogP contribution in [-0.4, -0.2) is 5.78 Å². The van der Waals surface area contributed by atoms with Gasteiger partial charge in [-0.3, -0.25) is 0 Å². The molecule has 0 rings (SSSR count). The molecule has 1 heteroatoms. The summed E-state index contributed by atoms with van der Waals surface area (Å²) in [7, 11) is 0. The summed E-state index contributed by atoms with van der Waals surface area (Å²) in [6, 6.07) is 0. The van der Waals surface area contributed by atoms with Crippen LogP contribution in [0.5, 0.6) is 0 Å². The molecule has 1 nitrogen and oxygen atoms in total. The maximum atomic E-state index is 10.9. The van der Waals surface area contributed by atoms with Crippen molar-refractivity contribution in [3.63, 3.8) is 0 Å². The van der Waals surface area contributed by atoms with Crippen molar-refractivity contribution in [1.29, 1.82) is 0 Å². The molecule has 0 aromatic heterocycles. The molecular formula is C17H34O. The van der Waals surface area contributed by atoms with Gasteiger partial charge in [-0.15, -0.1) is 0 Å². The van der Waals surface area contributed by atoms with Gasteiger partial charge in [0.2, 0.25) is 0 Å². The van der Waals surface area contributed by atoms with E-state index in [-0.39, 0.29) is 0 Å². The summed E-state index contributed by atoms with van der Waals surface area (Å²) in [4.78, 5) is 10.9. The molecule has 0 fully saturated rings. The van der Waals surface area contributed by atoms with E-state index in [1.54, 1.807) is 6.92 Å². The van der Waals surface area contributed by atoms with E-state index >= 15 is 0 Å². The van der Waals surface area contributed by atoms with Gasteiger partial charge in [0.1, 0.15) is 5.78 Å². The Bertz CT molecular complexity index is 198. The lowest BCUT2D eigenvalue weighted by Crippen LogP contribution is -2.00. The first-order valence-electron chi connectivity index (χ1n) is 8.05. The molecule has 0 spiro atoms. The number of rotatable bonds is 12. The van der Waals surface area contributed by atoms with Gasteiger partial charge in [0, 0.05) is 6.42 Å². The third-order valence-corrected chi connectivity index (χ3v) is 3.92. The predicted octanol–water partition coefficient (Wildman–Crippen LogP) is 5.77. The Labute approximate surface area is 115 Å². The van der Waals surface area contributed by atoms with E-state index in [1.165, 1.54) is 51.4 Å². The normalized spacial score (nSPS) is 14.4. The van der Waals surface area contributed by atoms with Gasteiger partial charge in [0.25, 0.3) is 0 Å². The number of Topliss-reactive ketones (excluding diaryl/α,β-unsaturated/α-hetero) is 1. The fourth-order valence-electron chi connectivity index (χ4n) is 2.55. The molecule has 0 aromatic carbocycles. The molecule has 0 amide bonds. The molecule has 108 valence electrons. The first kappa shape index (κ1) is 17.7. The van der Waals surface area contributed by atoms with Crippen molar-refractivity contribution >= 4 is 5.78 Å². The molecule has 0 aliphatic heterocycles. The van der Waals surface area contributed by atoms with Crippen LogP contribution in [0.15, 0.2) is 0 Å². The monoisotopic (exact) mass is 254 g/mol. The van der Waals surface area contributed by atoms with E-state index in [2.05, 4.69) is 20.8 Å². The van der Waals surface area contributed by atoms with Crippen LogP contribution in [0.3, 0.4) is 0 Å². The minimum atomic E-state index is 0.340. The predicted molar refractivity (Wildman–Crippen MR) is 80.9 cm³/mol. The number of hydrogen-bond acceptors (Lipinski definition) is 1. The van der Waals surface area contributed by atoms with Gasteiger partial charge in [-0.05, 0) is 25.2 Å². The molecule has 0 saturated heterocycles. The van der Waals surface area contributed by atoms with Crippen LogP contribution in [0.2, 0.25) is 0 Å². The van der Waals surface area contributed by atoms with Crippen molar-refractivity contribution in [3.05, 3.63) is 0 Å². The maximum absolute atomic E-state index is 10.9. The summed E-state index contributed by atoms with van der Waals surface area (Å²) < 4.78 is 0. The highest BCUT2D eigenvalue weighted by molar-refractivity contribution is 5.75. The van der Waals surface area contributed by atoms with Crippen LogP contribution in [-0.2, 0) is 4.79 Å². The molecule has 0 unspecified atom stereocenters. The third-order valence-electron chi connectivity index (χ3n) is 3.92. The van der Waals surface area contributed by atoms with E-state index in [4.69, 9.17) is 0 Å². The number of unbranched alkanes of at least 4 members (excludes halogenated alkanes) is 2. The third kappa shape index (κ3) is 12.1. The van der Waals surface area contributed by atoms with Gasteiger partial charge in [-0.25, -0.2) is 0 Å². The van der Waals surface area contributed by atoms with E-state index in [9.17, 15) is 4.79 Å². The maximum Gasteiger partial charge on any atom is 0.129 e. The Morgan fingerprint density at radius 3 is 1.83 bits per heavy atom. The lowest BCUT2D eigenvalue weighted by Gasteiger charge is -2.14. The van der Waals surface area contributed by atoms with Crippen LogP contribution in [0.1, 0.15) is 91.9 Å². The summed E-state index contributed by atoms with van der Waals surface area (Å²) in [6.45, 7) is 8.70. The highest BCUT2D eigenvalue weighted by Crippen LogP contribution is 2.20. The number of carbonyl (C=O) groups is 1. The fraction of sp³-hybridized carbons (Fsp3) is 0.941. The molecule has 0 N–H and O–H groups in total. The topological polar surface area (TPSA) is 17.1 Å². The minimum Gasteiger partial charge on any atom is -0.300 e. The summed E-state index contributed by atoms with van der Waals surface area (Å²) in [6.07, 6.45) is 12.7. The smallest absolute Gasteiger partial charge is 0.129 e. The van der Waals surface area contributed by atoms with Crippen molar-refractivity contribution in [2.24, 2.45) is 11.8 Å². The highest BCUT2D eigenvalue weighted by Gasteiger charge is 2.06. The SMILES string of the molecule is CCCCC[C@@H](C)CCC[C@@H](C)CCCC(C)=O. The Morgan fingerprint density at radius 2 is 1.33 bits per heavy atom.